The number of unbranched alkanes of at least 4 members (excludes halogenated alkanes) is 1. The molecule has 0 radical (unpaired) electrons. The maximum Gasteiger partial charge on any atom is 0.408 e. The highest BCUT2D eigenvalue weighted by atomic mass is 16.6. The Morgan fingerprint density at radius 1 is 1.26 bits per heavy atom. The van der Waals surface area contributed by atoms with Crippen LogP contribution in [0.25, 0.3) is 0 Å². The summed E-state index contributed by atoms with van der Waals surface area (Å²) in [6.45, 7) is 5.31. The number of hydrogen-bond acceptors (Lipinski definition) is 5. The molecule has 0 saturated carbocycles. The van der Waals surface area contributed by atoms with Crippen molar-refractivity contribution >= 4 is 12.1 Å². The van der Waals surface area contributed by atoms with Crippen molar-refractivity contribution in [3.63, 3.8) is 0 Å². The molecule has 0 fully saturated rings. The number of ether oxygens (including phenoxy) is 2. The lowest BCUT2D eigenvalue weighted by Crippen LogP contribution is -2.44. The molecule has 1 N–H and O–H groups in total. The van der Waals surface area contributed by atoms with Crippen LogP contribution in [-0.2, 0) is 20.7 Å². The van der Waals surface area contributed by atoms with Crippen LogP contribution in [-0.4, -0.2) is 35.8 Å². The summed E-state index contributed by atoms with van der Waals surface area (Å²) in [6.07, 6.45) is 4.13. The third-order valence-electron chi connectivity index (χ3n) is 3.08. The number of nitrogens with one attached hydrogen (secondary N) is 1. The van der Waals surface area contributed by atoms with Crippen molar-refractivity contribution in [1.82, 2.24) is 10.3 Å². The predicted molar refractivity (Wildman–Crippen MR) is 87.0 cm³/mol. The summed E-state index contributed by atoms with van der Waals surface area (Å²) >= 11 is 0. The molecule has 6 heteroatoms. The molecule has 6 nitrogen and oxygen atoms in total. The topological polar surface area (TPSA) is 77.5 Å². The molecule has 1 rings (SSSR count). The number of alkyl carbamates (subject to hydrolysis) is 1. The number of nitrogens with zero attached hydrogens (tertiary/aromatic N) is 1. The fraction of sp³-hybridized carbons (Fsp3) is 0.588. The molecule has 0 unspecified atom stereocenters. The first-order valence-corrected chi connectivity index (χ1v) is 7.79. The quantitative estimate of drug-likeness (QED) is 0.617. The minimum atomic E-state index is -0.696. The third kappa shape index (κ3) is 8.18. The van der Waals surface area contributed by atoms with E-state index in [0.29, 0.717) is 6.42 Å². The number of rotatable bonds is 7. The van der Waals surface area contributed by atoms with E-state index in [9.17, 15) is 9.59 Å². The molecule has 1 aromatic rings. The van der Waals surface area contributed by atoms with Crippen LogP contribution in [0.4, 0.5) is 4.79 Å². The molecule has 0 bridgehead atoms. The van der Waals surface area contributed by atoms with Gasteiger partial charge in [0.15, 0.2) is 0 Å². The van der Waals surface area contributed by atoms with Gasteiger partial charge in [0.25, 0.3) is 0 Å². The molecule has 1 atom stereocenters. The zero-order chi connectivity index (χ0) is 17.3. The van der Waals surface area contributed by atoms with Crippen molar-refractivity contribution in [1.29, 1.82) is 0 Å². The Labute approximate surface area is 137 Å². The van der Waals surface area contributed by atoms with Gasteiger partial charge >= 0.3 is 12.1 Å². The van der Waals surface area contributed by atoms with Crippen LogP contribution < -0.4 is 5.32 Å². The Hall–Kier alpha value is -2.11. The van der Waals surface area contributed by atoms with Crippen molar-refractivity contribution in [3.05, 3.63) is 30.1 Å². The van der Waals surface area contributed by atoms with E-state index in [1.54, 1.807) is 27.0 Å². The molecule has 0 aliphatic heterocycles. The smallest absolute Gasteiger partial charge is 0.408 e. The molecule has 1 heterocycles. The maximum absolute atomic E-state index is 11.8. The average Bonchev–Trinajstić information content (AvgIpc) is 2.48. The zero-order valence-electron chi connectivity index (χ0n) is 14.3. The summed E-state index contributed by atoms with van der Waals surface area (Å²) < 4.78 is 9.91. The van der Waals surface area contributed by atoms with Crippen LogP contribution in [0.1, 0.15) is 45.7 Å². The van der Waals surface area contributed by atoms with E-state index in [-0.39, 0.29) is 0 Å². The number of aryl methyl sites for hydroxylation is 1. The highest BCUT2D eigenvalue weighted by Gasteiger charge is 2.24. The van der Waals surface area contributed by atoms with Crippen molar-refractivity contribution in [2.75, 3.05) is 7.11 Å². The number of aromatic nitrogens is 1. The fourth-order valence-electron chi connectivity index (χ4n) is 2.04. The SMILES string of the molecule is COC(=O)[C@H](CCCCc1ccccn1)NC(=O)OC(C)(C)C. The first kappa shape index (κ1) is 18.9. The van der Waals surface area contributed by atoms with Crippen LogP contribution in [0.2, 0.25) is 0 Å². The summed E-state index contributed by atoms with van der Waals surface area (Å²) in [5, 5.41) is 2.57. The molecule has 0 aromatic carbocycles. The lowest BCUT2D eigenvalue weighted by Gasteiger charge is -2.22. The van der Waals surface area contributed by atoms with Gasteiger partial charge in [0.1, 0.15) is 11.6 Å². The molecule has 1 aromatic heterocycles. The second-order valence-electron chi connectivity index (χ2n) is 6.29. The molecule has 0 saturated heterocycles. The van der Waals surface area contributed by atoms with Gasteiger partial charge in [-0.3, -0.25) is 4.98 Å². The lowest BCUT2D eigenvalue weighted by molar-refractivity contribution is -0.143. The first-order valence-electron chi connectivity index (χ1n) is 7.79. The van der Waals surface area contributed by atoms with Crippen molar-refractivity contribution in [3.8, 4) is 0 Å². The van der Waals surface area contributed by atoms with Gasteiger partial charge in [-0.05, 0) is 52.2 Å². The van der Waals surface area contributed by atoms with Crippen LogP contribution >= 0.6 is 0 Å². The number of pyridine rings is 1. The largest absolute Gasteiger partial charge is 0.467 e. The number of carbonyl (C=O) groups is 2. The lowest BCUT2D eigenvalue weighted by atomic mass is 10.1. The second kappa shape index (κ2) is 9.12. The first-order chi connectivity index (χ1) is 10.8. The van der Waals surface area contributed by atoms with Gasteiger partial charge in [0.05, 0.1) is 7.11 Å². The fourth-order valence-corrected chi connectivity index (χ4v) is 2.04. The van der Waals surface area contributed by atoms with Crippen molar-refractivity contribution < 1.29 is 19.1 Å². The Balaban J connectivity index is 2.42. The van der Waals surface area contributed by atoms with Crippen LogP contribution in [0.5, 0.6) is 0 Å². The summed E-state index contributed by atoms with van der Waals surface area (Å²) in [7, 11) is 1.31. The van der Waals surface area contributed by atoms with Gasteiger partial charge in [0.2, 0.25) is 0 Å². The second-order valence-corrected chi connectivity index (χ2v) is 6.29. The Morgan fingerprint density at radius 3 is 2.57 bits per heavy atom. The van der Waals surface area contributed by atoms with E-state index in [2.05, 4.69) is 10.3 Å². The zero-order valence-corrected chi connectivity index (χ0v) is 14.3. The minimum absolute atomic E-state index is 0.464. The van der Waals surface area contributed by atoms with Crippen LogP contribution in [0, 0.1) is 0 Å². The number of hydrogen-bond donors (Lipinski definition) is 1. The van der Waals surface area contributed by atoms with E-state index in [4.69, 9.17) is 9.47 Å². The number of amides is 1. The van der Waals surface area contributed by atoms with Gasteiger partial charge in [-0.1, -0.05) is 12.5 Å². The monoisotopic (exact) mass is 322 g/mol. The van der Waals surface area contributed by atoms with Gasteiger partial charge < -0.3 is 14.8 Å². The minimum Gasteiger partial charge on any atom is -0.467 e. The van der Waals surface area contributed by atoms with E-state index >= 15 is 0 Å². The Bertz CT molecular complexity index is 497. The molecule has 128 valence electrons. The molecule has 1 amide bonds. The van der Waals surface area contributed by atoms with E-state index < -0.39 is 23.7 Å². The number of methoxy groups -OCH3 is 1. The molecule has 23 heavy (non-hydrogen) atoms. The van der Waals surface area contributed by atoms with Gasteiger partial charge in [-0.15, -0.1) is 0 Å². The molecule has 0 aliphatic rings. The Morgan fingerprint density at radius 2 is 2.00 bits per heavy atom. The highest BCUT2D eigenvalue weighted by Crippen LogP contribution is 2.10. The van der Waals surface area contributed by atoms with Crippen LogP contribution in [0.3, 0.4) is 0 Å². The van der Waals surface area contributed by atoms with E-state index in [0.717, 1.165) is 25.0 Å². The molecular weight excluding hydrogens is 296 g/mol. The standard InChI is InChI=1S/C17H26N2O4/c1-17(2,3)23-16(21)19-14(15(20)22-4)11-6-5-9-13-10-7-8-12-18-13/h7-8,10,12,14H,5-6,9,11H2,1-4H3,(H,19,21)/t14-/m0/s1. The molecule has 0 aliphatic carbocycles. The Kier molecular flexibility index (Phi) is 7.51. The predicted octanol–water partition coefficient (Wildman–Crippen LogP) is 2.86. The number of esters is 1. The van der Waals surface area contributed by atoms with Gasteiger partial charge in [-0.25, -0.2) is 9.59 Å². The molecule has 0 spiro atoms. The van der Waals surface area contributed by atoms with E-state index in [1.807, 2.05) is 18.2 Å². The molecular formula is C17H26N2O4. The van der Waals surface area contributed by atoms with Crippen LogP contribution in [0.15, 0.2) is 24.4 Å². The third-order valence-corrected chi connectivity index (χ3v) is 3.08. The summed E-state index contributed by atoms with van der Waals surface area (Å²) in [5.74, 6) is -0.464. The summed E-state index contributed by atoms with van der Waals surface area (Å²) in [6, 6.07) is 5.10. The van der Waals surface area contributed by atoms with Crippen molar-refractivity contribution in [2.45, 2.75) is 58.1 Å². The highest BCUT2D eigenvalue weighted by molar-refractivity contribution is 5.81. The summed E-state index contributed by atoms with van der Waals surface area (Å²) in [5.41, 5.74) is 0.409. The van der Waals surface area contributed by atoms with Gasteiger partial charge in [-0.2, -0.15) is 0 Å². The van der Waals surface area contributed by atoms with Crippen molar-refractivity contribution in [2.24, 2.45) is 0 Å². The maximum atomic E-state index is 11.8. The normalized spacial score (nSPS) is 12.3. The van der Waals surface area contributed by atoms with Gasteiger partial charge in [0, 0.05) is 11.9 Å². The number of carbonyl (C=O) groups excluding carboxylic acids is 2. The summed E-state index contributed by atoms with van der Waals surface area (Å²) in [4.78, 5) is 27.8. The van der Waals surface area contributed by atoms with E-state index in [1.165, 1.54) is 7.11 Å². The average molecular weight is 322 g/mol.